The van der Waals surface area contributed by atoms with Crippen LogP contribution in [0.5, 0.6) is 5.75 Å². The molecule has 0 aliphatic carbocycles. The largest absolute Gasteiger partial charge is 0.497 e. The Hall–Kier alpha value is -4.02. The number of benzene rings is 1. The molecule has 0 spiro atoms. The average molecular weight is 614 g/mol. The SMILES string of the molecule is COC(=O)[C@@H]1CCCN1C(=O)[C@H](Cc1c(CC=C(C)C)n(C(=O)OC(C)(C)C)c2cc(OC)ccc12)NC(=O)OC(C)(C)C. The fourth-order valence-electron chi connectivity index (χ4n) is 5.24. The molecule has 0 unspecified atom stereocenters. The number of methoxy groups -OCH3 is 2. The van der Waals surface area contributed by atoms with E-state index in [2.05, 4.69) is 5.32 Å². The normalized spacial score (nSPS) is 15.9. The van der Waals surface area contributed by atoms with E-state index in [0.717, 1.165) is 5.57 Å². The van der Waals surface area contributed by atoms with E-state index in [4.69, 9.17) is 18.9 Å². The highest BCUT2D eigenvalue weighted by atomic mass is 16.6. The molecule has 0 saturated carbocycles. The van der Waals surface area contributed by atoms with Crippen molar-refractivity contribution in [2.45, 2.75) is 104 Å². The lowest BCUT2D eigenvalue weighted by Gasteiger charge is -2.29. The van der Waals surface area contributed by atoms with Crippen LogP contribution in [-0.2, 0) is 36.6 Å². The van der Waals surface area contributed by atoms with E-state index >= 15 is 0 Å². The molecule has 3 rings (SSSR count). The maximum Gasteiger partial charge on any atom is 0.419 e. The maximum absolute atomic E-state index is 14.1. The van der Waals surface area contributed by atoms with Gasteiger partial charge in [0.05, 0.1) is 19.7 Å². The van der Waals surface area contributed by atoms with Crippen LogP contribution < -0.4 is 10.1 Å². The molecule has 1 N–H and O–H groups in total. The number of fused-ring (bicyclic) bond motifs is 1. The Balaban J connectivity index is 2.23. The number of nitrogens with zero attached hydrogens (tertiary/aromatic N) is 2. The van der Waals surface area contributed by atoms with Gasteiger partial charge in [0.2, 0.25) is 5.91 Å². The molecule has 44 heavy (non-hydrogen) atoms. The fraction of sp³-hybridized carbons (Fsp3) is 0.576. The molecule has 11 heteroatoms. The third-order valence-electron chi connectivity index (χ3n) is 7.08. The van der Waals surface area contributed by atoms with Crippen LogP contribution in [-0.4, -0.2) is 77.6 Å². The van der Waals surface area contributed by atoms with Crippen molar-refractivity contribution in [1.82, 2.24) is 14.8 Å². The molecular formula is C33H47N3O8. The van der Waals surface area contributed by atoms with Gasteiger partial charge < -0.3 is 29.2 Å². The van der Waals surface area contributed by atoms with E-state index in [0.29, 0.717) is 53.7 Å². The van der Waals surface area contributed by atoms with E-state index in [1.165, 1.54) is 16.6 Å². The minimum absolute atomic E-state index is 0.0209. The van der Waals surface area contributed by atoms with Gasteiger partial charge >= 0.3 is 18.2 Å². The highest BCUT2D eigenvalue weighted by molar-refractivity contribution is 5.96. The number of allylic oxidation sites excluding steroid dienone is 2. The summed E-state index contributed by atoms with van der Waals surface area (Å²) in [5, 5.41) is 3.46. The third kappa shape index (κ3) is 8.54. The van der Waals surface area contributed by atoms with Gasteiger partial charge in [-0.15, -0.1) is 0 Å². The standard InChI is InChI=1S/C33H47N3O8/c1-20(2)13-16-25-23(22-15-14-21(41-9)18-27(22)36(25)31(40)44-33(6,7)8)19-24(34-30(39)43-32(3,4)5)28(37)35-17-11-12-26(35)29(38)42-10/h13-15,18,24,26H,11-12,16-17,19H2,1-10H3,(H,34,39)/t24-,26-/m0/s1. The van der Waals surface area contributed by atoms with E-state index in [-0.39, 0.29) is 6.42 Å². The number of hydrogen-bond donors (Lipinski definition) is 1. The van der Waals surface area contributed by atoms with Crippen molar-refractivity contribution in [3.63, 3.8) is 0 Å². The Labute approximate surface area is 259 Å². The second kappa shape index (κ2) is 13.7. The van der Waals surface area contributed by atoms with Gasteiger partial charge in [0.15, 0.2) is 0 Å². The van der Waals surface area contributed by atoms with Crippen LogP contribution in [0.15, 0.2) is 29.8 Å². The molecule has 2 heterocycles. The topological polar surface area (TPSA) is 125 Å². The van der Waals surface area contributed by atoms with Gasteiger partial charge in [0.25, 0.3) is 0 Å². The molecule has 1 aliphatic heterocycles. The summed E-state index contributed by atoms with van der Waals surface area (Å²) in [5.41, 5.74) is 1.29. The van der Waals surface area contributed by atoms with E-state index in [1.54, 1.807) is 60.8 Å². The number of amides is 2. The molecule has 2 amide bonds. The molecule has 0 bridgehead atoms. The molecule has 1 fully saturated rings. The van der Waals surface area contributed by atoms with Crippen molar-refractivity contribution in [2.75, 3.05) is 20.8 Å². The molecule has 1 aromatic carbocycles. The van der Waals surface area contributed by atoms with Gasteiger partial charge in [-0.05, 0) is 85.9 Å². The minimum atomic E-state index is -1.11. The number of carbonyl (C=O) groups is 4. The molecule has 242 valence electrons. The van der Waals surface area contributed by atoms with Gasteiger partial charge in [0, 0.05) is 36.5 Å². The Bertz CT molecular complexity index is 1420. The lowest BCUT2D eigenvalue weighted by molar-refractivity contribution is -0.151. The second-order valence-corrected chi connectivity index (χ2v) is 13.2. The zero-order valence-corrected chi connectivity index (χ0v) is 27.7. The second-order valence-electron chi connectivity index (χ2n) is 13.2. The molecular weight excluding hydrogens is 566 g/mol. The predicted octanol–water partition coefficient (Wildman–Crippen LogP) is 5.54. The van der Waals surface area contributed by atoms with Crippen LogP contribution in [0.3, 0.4) is 0 Å². The van der Waals surface area contributed by atoms with Gasteiger partial charge in [-0.1, -0.05) is 11.6 Å². The van der Waals surface area contributed by atoms with Crippen molar-refractivity contribution in [1.29, 1.82) is 0 Å². The maximum atomic E-state index is 14.1. The van der Waals surface area contributed by atoms with Gasteiger partial charge in [-0.25, -0.2) is 19.0 Å². The summed E-state index contributed by atoms with van der Waals surface area (Å²) in [4.78, 5) is 54.9. The summed E-state index contributed by atoms with van der Waals surface area (Å²) in [7, 11) is 2.83. The zero-order valence-electron chi connectivity index (χ0n) is 27.7. The summed E-state index contributed by atoms with van der Waals surface area (Å²) in [5.74, 6) is -0.411. The molecule has 11 nitrogen and oxygen atoms in total. The van der Waals surface area contributed by atoms with Gasteiger partial charge in [-0.3, -0.25) is 4.79 Å². The van der Waals surface area contributed by atoms with Gasteiger partial charge in [0.1, 0.15) is 29.0 Å². The Morgan fingerprint density at radius 1 is 1.02 bits per heavy atom. The first-order valence-corrected chi connectivity index (χ1v) is 14.9. The summed E-state index contributed by atoms with van der Waals surface area (Å²) >= 11 is 0. The number of hydrogen-bond acceptors (Lipinski definition) is 8. The lowest BCUT2D eigenvalue weighted by Crippen LogP contribution is -2.53. The zero-order chi connectivity index (χ0) is 33.0. The third-order valence-corrected chi connectivity index (χ3v) is 7.08. The van der Waals surface area contributed by atoms with Crippen LogP contribution in [0.1, 0.15) is 79.5 Å². The highest BCUT2D eigenvalue weighted by Gasteiger charge is 2.40. The van der Waals surface area contributed by atoms with Crippen LogP contribution in [0.2, 0.25) is 0 Å². The average Bonchev–Trinajstić information content (AvgIpc) is 3.51. The number of esters is 1. The first-order valence-electron chi connectivity index (χ1n) is 14.9. The number of alkyl carbamates (subject to hydrolysis) is 1. The summed E-state index contributed by atoms with van der Waals surface area (Å²) < 4.78 is 23.3. The number of aromatic nitrogens is 1. The van der Waals surface area contributed by atoms with Crippen LogP contribution in [0.4, 0.5) is 9.59 Å². The summed E-state index contributed by atoms with van der Waals surface area (Å²) in [6, 6.07) is 3.49. The van der Waals surface area contributed by atoms with Crippen molar-refractivity contribution >= 4 is 35.0 Å². The van der Waals surface area contributed by atoms with Crippen molar-refractivity contribution in [2.24, 2.45) is 0 Å². The molecule has 1 aromatic heterocycles. The lowest BCUT2D eigenvalue weighted by atomic mass is 9.99. The van der Waals surface area contributed by atoms with E-state index < -0.39 is 47.3 Å². The quantitative estimate of drug-likeness (QED) is 0.234. The van der Waals surface area contributed by atoms with Gasteiger partial charge in [-0.2, -0.15) is 0 Å². The van der Waals surface area contributed by atoms with Crippen LogP contribution in [0, 0.1) is 0 Å². The first kappa shape index (κ1) is 34.5. The van der Waals surface area contributed by atoms with Crippen molar-refractivity contribution < 1.29 is 38.1 Å². The fourth-order valence-corrected chi connectivity index (χ4v) is 5.24. The molecule has 1 aliphatic rings. The predicted molar refractivity (Wildman–Crippen MR) is 167 cm³/mol. The Morgan fingerprint density at radius 3 is 2.25 bits per heavy atom. The molecule has 2 atom stereocenters. The Kier molecular flexibility index (Phi) is 10.8. The van der Waals surface area contributed by atoms with Crippen LogP contribution in [0.25, 0.3) is 10.9 Å². The molecule has 0 radical (unpaired) electrons. The summed E-state index contributed by atoms with van der Waals surface area (Å²) in [6.45, 7) is 14.8. The van der Waals surface area contributed by atoms with Crippen LogP contribution >= 0.6 is 0 Å². The number of nitrogens with one attached hydrogen (secondary N) is 1. The molecule has 1 saturated heterocycles. The molecule has 2 aromatic rings. The Morgan fingerprint density at radius 2 is 1.68 bits per heavy atom. The minimum Gasteiger partial charge on any atom is -0.497 e. The number of rotatable bonds is 8. The van der Waals surface area contributed by atoms with Crippen molar-refractivity contribution in [3.8, 4) is 5.75 Å². The van der Waals surface area contributed by atoms with E-state index in [1.807, 2.05) is 26.0 Å². The highest BCUT2D eigenvalue weighted by Crippen LogP contribution is 2.33. The number of ether oxygens (including phenoxy) is 4. The summed E-state index contributed by atoms with van der Waals surface area (Å²) in [6.07, 6.45) is 2.10. The number of likely N-dealkylation sites (tertiary alicyclic amines) is 1. The monoisotopic (exact) mass is 613 g/mol. The van der Waals surface area contributed by atoms with Crippen molar-refractivity contribution in [3.05, 3.63) is 41.1 Å². The van der Waals surface area contributed by atoms with E-state index in [9.17, 15) is 19.2 Å². The first-order chi connectivity index (χ1) is 20.5. The number of carbonyl (C=O) groups excluding carboxylic acids is 4. The smallest absolute Gasteiger partial charge is 0.419 e.